The minimum Gasteiger partial charge on any atom is -0.293 e. The summed E-state index contributed by atoms with van der Waals surface area (Å²) in [6.45, 7) is 1.98. The number of hydrogen-bond donors (Lipinski definition) is 0. The number of nitrogens with zero attached hydrogens (tertiary/aromatic N) is 1. The Bertz CT molecular complexity index is 476. The van der Waals surface area contributed by atoms with E-state index in [0.717, 1.165) is 22.6 Å². The van der Waals surface area contributed by atoms with E-state index < -0.39 is 0 Å². The normalized spacial score (nSPS) is 10.3. The molecule has 0 fully saturated rings. The minimum atomic E-state index is 0.221. The van der Waals surface area contributed by atoms with E-state index in [-0.39, 0.29) is 5.78 Å². The first-order chi connectivity index (χ1) is 7.77. The van der Waals surface area contributed by atoms with Crippen LogP contribution in [0.1, 0.15) is 27.3 Å². The summed E-state index contributed by atoms with van der Waals surface area (Å²) in [5.74, 6) is 0.221. The first-order valence-corrected chi connectivity index (χ1v) is 6.12. The van der Waals surface area contributed by atoms with Crippen LogP contribution in [0.15, 0.2) is 35.8 Å². The van der Waals surface area contributed by atoms with Gasteiger partial charge in [-0.2, -0.15) is 0 Å². The number of hydrogen-bond acceptors (Lipinski definition) is 3. The van der Waals surface area contributed by atoms with Crippen LogP contribution in [0.3, 0.4) is 0 Å². The Morgan fingerprint density at radius 1 is 1.38 bits per heavy atom. The first-order valence-electron chi connectivity index (χ1n) is 5.24. The monoisotopic (exact) mass is 231 g/mol. The van der Waals surface area contributed by atoms with Gasteiger partial charge in [0.2, 0.25) is 0 Å². The SMILES string of the molecule is Cc1ccsc1C(=O)CCc1ccccn1. The molecule has 2 heterocycles. The molecule has 0 amide bonds. The Morgan fingerprint density at radius 2 is 2.25 bits per heavy atom. The molecule has 3 heteroatoms. The predicted molar refractivity (Wildman–Crippen MR) is 65.9 cm³/mol. The lowest BCUT2D eigenvalue weighted by Gasteiger charge is -1.99. The highest BCUT2D eigenvalue weighted by Crippen LogP contribution is 2.18. The van der Waals surface area contributed by atoms with Gasteiger partial charge in [0.05, 0.1) is 4.88 Å². The van der Waals surface area contributed by atoms with Crippen molar-refractivity contribution in [2.45, 2.75) is 19.8 Å². The van der Waals surface area contributed by atoms with Crippen LogP contribution in [0.4, 0.5) is 0 Å². The summed E-state index contributed by atoms with van der Waals surface area (Å²) in [4.78, 5) is 17.0. The fourth-order valence-electron chi connectivity index (χ4n) is 1.56. The fraction of sp³-hybridized carbons (Fsp3) is 0.231. The summed E-state index contributed by atoms with van der Waals surface area (Å²) >= 11 is 1.52. The van der Waals surface area contributed by atoms with Crippen molar-refractivity contribution < 1.29 is 4.79 Å². The minimum absolute atomic E-state index is 0.221. The summed E-state index contributed by atoms with van der Waals surface area (Å²) < 4.78 is 0. The number of pyridine rings is 1. The zero-order valence-electron chi connectivity index (χ0n) is 9.14. The van der Waals surface area contributed by atoms with E-state index in [1.54, 1.807) is 6.20 Å². The molecule has 2 nitrogen and oxygen atoms in total. The molecule has 0 aliphatic rings. The number of rotatable bonds is 4. The molecule has 0 radical (unpaired) electrons. The fourth-order valence-corrected chi connectivity index (χ4v) is 2.46. The van der Waals surface area contributed by atoms with Gasteiger partial charge in [-0.15, -0.1) is 11.3 Å². The highest BCUT2D eigenvalue weighted by molar-refractivity contribution is 7.12. The van der Waals surface area contributed by atoms with Crippen LogP contribution in [-0.2, 0) is 6.42 Å². The van der Waals surface area contributed by atoms with E-state index in [0.29, 0.717) is 6.42 Å². The van der Waals surface area contributed by atoms with Gasteiger partial charge in [0.15, 0.2) is 5.78 Å². The van der Waals surface area contributed by atoms with E-state index in [9.17, 15) is 4.79 Å². The van der Waals surface area contributed by atoms with Crippen LogP contribution in [0.2, 0.25) is 0 Å². The number of aromatic nitrogens is 1. The molecule has 82 valence electrons. The lowest BCUT2D eigenvalue weighted by atomic mass is 10.1. The molecule has 2 aromatic heterocycles. The van der Waals surface area contributed by atoms with Gasteiger partial charge in [-0.3, -0.25) is 9.78 Å². The van der Waals surface area contributed by atoms with E-state index >= 15 is 0 Å². The van der Waals surface area contributed by atoms with Gasteiger partial charge in [-0.05, 0) is 42.5 Å². The van der Waals surface area contributed by atoms with Gasteiger partial charge < -0.3 is 0 Å². The quantitative estimate of drug-likeness (QED) is 0.756. The summed E-state index contributed by atoms with van der Waals surface area (Å²) in [6.07, 6.45) is 3.02. The Hall–Kier alpha value is -1.48. The summed E-state index contributed by atoms with van der Waals surface area (Å²) in [5.41, 5.74) is 2.06. The first kappa shape index (κ1) is 11.0. The van der Waals surface area contributed by atoms with Crippen LogP contribution >= 0.6 is 11.3 Å². The Kier molecular flexibility index (Phi) is 3.47. The van der Waals surface area contributed by atoms with Gasteiger partial charge in [0.1, 0.15) is 0 Å². The van der Waals surface area contributed by atoms with Crippen LogP contribution in [0.25, 0.3) is 0 Å². The molecule has 0 aliphatic carbocycles. The lowest BCUT2D eigenvalue weighted by Crippen LogP contribution is -2.01. The Balaban J connectivity index is 1.97. The molecule has 0 saturated carbocycles. The van der Waals surface area contributed by atoms with Crippen molar-refractivity contribution in [3.63, 3.8) is 0 Å². The number of aryl methyl sites for hydroxylation is 2. The zero-order valence-corrected chi connectivity index (χ0v) is 9.96. The summed E-state index contributed by atoms with van der Waals surface area (Å²) in [7, 11) is 0. The molecule has 0 saturated heterocycles. The Labute approximate surface area is 99.0 Å². The van der Waals surface area contributed by atoms with Gasteiger partial charge >= 0.3 is 0 Å². The van der Waals surface area contributed by atoms with Crippen molar-refractivity contribution >= 4 is 17.1 Å². The summed E-state index contributed by atoms with van der Waals surface area (Å²) in [5, 5.41) is 1.96. The van der Waals surface area contributed by atoms with E-state index in [1.807, 2.05) is 36.6 Å². The molecule has 0 atom stereocenters. The maximum absolute atomic E-state index is 11.9. The third kappa shape index (κ3) is 2.55. The number of ketones is 1. The van der Waals surface area contributed by atoms with Gasteiger partial charge in [-0.25, -0.2) is 0 Å². The molecule has 0 bridgehead atoms. The van der Waals surface area contributed by atoms with Crippen LogP contribution in [0, 0.1) is 6.92 Å². The average molecular weight is 231 g/mol. The molecule has 0 aliphatic heterocycles. The van der Waals surface area contributed by atoms with Crippen molar-refractivity contribution in [3.05, 3.63) is 52.0 Å². The zero-order chi connectivity index (χ0) is 11.4. The standard InChI is InChI=1S/C13H13NOS/c1-10-7-9-16-13(10)12(15)6-5-11-4-2-3-8-14-11/h2-4,7-9H,5-6H2,1H3. The van der Waals surface area contributed by atoms with Crippen molar-refractivity contribution in [2.24, 2.45) is 0 Å². The molecule has 0 spiro atoms. The maximum Gasteiger partial charge on any atom is 0.173 e. The number of thiophene rings is 1. The maximum atomic E-state index is 11.9. The number of carbonyl (C=O) groups excluding carboxylic acids is 1. The topological polar surface area (TPSA) is 30.0 Å². The van der Waals surface area contributed by atoms with Gasteiger partial charge in [0, 0.05) is 18.3 Å². The lowest BCUT2D eigenvalue weighted by molar-refractivity contribution is 0.0986. The third-order valence-electron chi connectivity index (χ3n) is 2.45. The second-order valence-corrected chi connectivity index (χ2v) is 4.59. The molecule has 0 N–H and O–H groups in total. The van der Waals surface area contributed by atoms with Crippen molar-refractivity contribution in [2.75, 3.05) is 0 Å². The predicted octanol–water partition coefficient (Wildman–Crippen LogP) is 3.27. The van der Waals surface area contributed by atoms with Crippen LogP contribution in [-0.4, -0.2) is 10.8 Å². The molecule has 0 unspecified atom stereocenters. The van der Waals surface area contributed by atoms with E-state index in [2.05, 4.69) is 4.98 Å². The van der Waals surface area contributed by atoms with Gasteiger partial charge in [-0.1, -0.05) is 6.07 Å². The molecule has 0 aromatic carbocycles. The van der Waals surface area contributed by atoms with Crippen LogP contribution < -0.4 is 0 Å². The highest BCUT2D eigenvalue weighted by atomic mass is 32.1. The molecule has 2 aromatic rings. The molecular formula is C13H13NOS. The van der Waals surface area contributed by atoms with E-state index in [1.165, 1.54) is 11.3 Å². The van der Waals surface area contributed by atoms with E-state index in [4.69, 9.17) is 0 Å². The Morgan fingerprint density at radius 3 is 2.88 bits per heavy atom. The third-order valence-corrected chi connectivity index (χ3v) is 3.51. The average Bonchev–Trinajstić information content (AvgIpc) is 2.74. The second-order valence-electron chi connectivity index (χ2n) is 3.68. The largest absolute Gasteiger partial charge is 0.293 e. The van der Waals surface area contributed by atoms with Crippen molar-refractivity contribution in [3.8, 4) is 0 Å². The number of carbonyl (C=O) groups is 1. The highest BCUT2D eigenvalue weighted by Gasteiger charge is 2.10. The van der Waals surface area contributed by atoms with Crippen LogP contribution in [0.5, 0.6) is 0 Å². The number of Topliss-reactive ketones (excluding diaryl/α,β-unsaturated/α-hetero) is 1. The molecule has 2 rings (SSSR count). The smallest absolute Gasteiger partial charge is 0.173 e. The second kappa shape index (κ2) is 5.03. The molecule has 16 heavy (non-hydrogen) atoms. The summed E-state index contributed by atoms with van der Waals surface area (Å²) in [6, 6.07) is 7.77. The van der Waals surface area contributed by atoms with Crippen molar-refractivity contribution in [1.29, 1.82) is 0 Å². The molecular weight excluding hydrogens is 218 g/mol. The van der Waals surface area contributed by atoms with Crippen molar-refractivity contribution in [1.82, 2.24) is 4.98 Å². The van der Waals surface area contributed by atoms with Gasteiger partial charge in [0.25, 0.3) is 0 Å².